The van der Waals surface area contributed by atoms with Crippen LogP contribution in [-0.4, -0.2) is 24.7 Å². The van der Waals surface area contributed by atoms with Gasteiger partial charge in [-0.3, -0.25) is 4.79 Å². The van der Waals surface area contributed by atoms with Crippen LogP contribution in [0, 0.1) is 13.8 Å². The molecule has 0 aliphatic rings. The lowest BCUT2D eigenvalue weighted by molar-refractivity contribution is -0.143. The molecule has 2 rings (SSSR count). The van der Waals surface area contributed by atoms with Gasteiger partial charge < -0.3 is 14.2 Å². The minimum Gasteiger partial charge on any atom is -0.453 e. The quantitative estimate of drug-likeness (QED) is 0.864. The number of alkyl halides is 3. The van der Waals surface area contributed by atoms with Crippen LogP contribution in [0.25, 0.3) is 0 Å². The van der Waals surface area contributed by atoms with Gasteiger partial charge in [0.25, 0.3) is 5.91 Å². The molecule has 1 aromatic carbocycles. The number of nitrogens with zero attached hydrogens (tertiary/aromatic N) is 2. The normalized spacial score (nSPS) is 11.4. The highest BCUT2D eigenvalue weighted by atomic mass is 19.4. The molecule has 0 saturated carbocycles. The van der Waals surface area contributed by atoms with Gasteiger partial charge in [0.05, 0.1) is 5.56 Å². The minimum atomic E-state index is -4.63. The third-order valence-electron chi connectivity index (χ3n) is 3.33. The summed E-state index contributed by atoms with van der Waals surface area (Å²) < 4.78 is 47.4. The van der Waals surface area contributed by atoms with E-state index in [0.717, 1.165) is 5.56 Å². The Kier molecular flexibility index (Phi) is 4.63. The van der Waals surface area contributed by atoms with E-state index in [1.54, 1.807) is 19.2 Å². The molecule has 0 aliphatic carbocycles. The van der Waals surface area contributed by atoms with Gasteiger partial charge in [0.1, 0.15) is 0 Å². The molecular weight excluding hydrogens is 313 g/mol. The van der Waals surface area contributed by atoms with Crippen LogP contribution in [0.15, 0.2) is 28.8 Å². The van der Waals surface area contributed by atoms with Crippen molar-refractivity contribution in [1.29, 1.82) is 0 Å². The number of ether oxygens (including phenoxy) is 1. The maximum atomic E-state index is 12.6. The minimum absolute atomic E-state index is 0.288. The molecule has 1 amide bonds. The van der Waals surface area contributed by atoms with Crippen LogP contribution in [0.5, 0.6) is 5.95 Å². The topological polar surface area (TPSA) is 55.6 Å². The number of halogens is 3. The highest BCUT2D eigenvalue weighted by molar-refractivity contribution is 5.94. The van der Waals surface area contributed by atoms with Crippen LogP contribution in [0.1, 0.15) is 16.8 Å². The van der Waals surface area contributed by atoms with Crippen LogP contribution >= 0.6 is 0 Å². The number of carbonyl (C=O) groups excluding carboxylic acids is 1. The van der Waals surface area contributed by atoms with E-state index in [1.165, 1.54) is 11.8 Å². The Morgan fingerprint density at radius 3 is 2.52 bits per heavy atom. The van der Waals surface area contributed by atoms with Crippen LogP contribution in [0.4, 0.5) is 18.9 Å². The molecule has 0 bridgehead atoms. The number of carbonyl (C=O) groups is 1. The predicted octanol–water partition coefficient (Wildman–Crippen LogP) is 3.35. The standard InChI is InChI=1S/C15H15F3N2O3/c1-9-6-4-5-7-11(9)20(3)12(21)8-22-14-10(2)13(19-23-14)15(16,17)18/h4-7H,8H2,1-3H3. The zero-order chi connectivity index (χ0) is 17.2. The van der Waals surface area contributed by atoms with E-state index in [4.69, 9.17) is 4.74 Å². The van der Waals surface area contributed by atoms with Crippen molar-refractivity contribution in [3.8, 4) is 5.95 Å². The zero-order valence-corrected chi connectivity index (χ0v) is 12.8. The van der Waals surface area contributed by atoms with E-state index in [0.29, 0.717) is 5.69 Å². The number of likely N-dealkylation sites (N-methyl/N-ethyl adjacent to an activating group) is 1. The van der Waals surface area contributed by atoms with Crippen molar-refractivity contribution in [1.82, 2.24) is 5.16 Å². The van der Waals surface area contributed by atoms with E-state index < -0.39 is 30.3 Å². The van der Waals surface area contributed by atoms with Gasteiger partial charge in [-0.2, -0.15) is 13.2 Å². The molecule has 0 saturated heterocycles. The van der Waals surface area contributed by atoms with Gasteiger partial charge in [0.2, 0.25) is 0 Å². The summed E-state index contributed by atoms with van der Waals surface area (Å²) in [6.07, 6.45) is -4.63. The van der Waals surface area contributed by atoms with Gasteiger partial charge >= 0.3 is 12.1 Å². The molecule has 0 fully saturated rings. The van der Waals surface area contributed by atoms with Crippen molar-refractivity contribution < 1.29 is 27.2 Å². The number of amides is 1. The fourth-order valence-electron chi connectivity index (χ4n) is 2.02. The number of aromatic nitrogens is 1. The molecule has 0 N–H and O–H groups in total. The zero-order valence-electron chi connectivity index (χ0n) is 12.8. The molecule has 0 aliphatic heterocycles. The fourth-order valence-corrected chi connectivity index (χ4v) is 2.02. The average molecular weight is 328 g/mol. The van der Waals surface area contributed by atoms with E-state index in [9.17, 15) is 18.0 Å². The SMILES string of the molecule is Cc1ccccc1N(C)C(=O)COc1onc(C(F)(F)F)c1C. The first-order valence-corrected chi connectivity index (χ1v) is 6.70. The van der Waals surface area contributed by atoms with Crippen LogP contribution < -0.4 is 9.64 Å². The van der Waals surface area contributed by atoms with E-state index in [2.05, 4.69) is 9.68 Å². The monoisotopic (exact) mass is 328 g/mol. The van der Waals surface area contributed by atoms with E-state index in [-0.39, 0.29) is 5.56 Å². The highest BCUT2D eigenvalue weighted by Crippen LogP contribution is 2.34. The van der Waals surface area contributed by atoms with Gasteiger partial charge in [0, 0.05) is 12.7 Å². The molecule has 1 aromatic heterocycles. The Bertz CT molecular complexity index is 710. The first-order valence-electron chi connectivity index (χ1n) is 6.70. The summed E-state index contributed by atoms with van der Waals surface area (Å²) in [4.78, 5) is 13.5. The van der Waals surface area contributed by atoms with Crippen molar-refractivity contribution in [3.05, 3.63) is 41.1 Å². The van der Waals surface area contributed by atoms with Crippen LogP contribution in [0.2, 0.25) is 0 Å². The molecule has 5 nitrogen and oxygen atoms in total. The van der Waals surface area contributed by atoms with Gasteiger partial charge in [-0.1, -0.05) is 23.4 Å². The molecular formula is C15H15F3N2O3. The van der Waals surface area contributed by atoms with Gasteiger partial charge in [-0.25, -0.2) is 0 Å². The first-order chi connectivity index (χ1) is 10.7. The number of hydrogen-bond acceptors (Lipinski definition) is 4. The van der Waals surface area contributed by atoms with Crippen molar-refractivity contribution >= 4 is 11.6 Å². The predicted molar refractivity (Wildman–Crippen MR) is 76.3 cm³/mol. The first kappa shape index (κ1) is 16.9. The average Bonchev–Trinajstić information content (AvgIpc) is 2.85. The summed E-state index contributed by atoms with van der Waals surface area (Å²) in [7, 11) is 1.56. The lowest BCUT2D eigenvalue weighted by Gasteiger charge is -2.19. The molecule has 0 unspecified atom stereocenters. The molecule has 1 heterocycles. The third kappa shape index (κ3) is 3.64. The summed E-state index contributed by atoms with van der Waals surface area (Å²) in [6.45, 7) is 2.55. The van der Waals surface area contributed by atoms with Crippen molar-refractivity contribution in [3.63, 3.8) is 0 Å². The molecule has 0 atom stereocenters. The fraction of sp³-hybridized carbons (Fsp3) is 0.333. The largest absolute Gasteiger partial charge is 0.453 e. The third-order valence-corrected chi connectivity index (χ3v) is 3.33. The van der Waals surface area contributed by atoms with Crippen molar-refractivity contribution in [2.24, 2.45) is 0 Å². The molecule has 8 heteroatoms. The van der Waals surface area contributed by atoms with Crippen molar-refractivity contribution in [2.45, 2.75) is 20.0 Å². The highest BCUT2D eigenvalue weighted by Gasteiger charge is 2.38. The van der Waals surface area contributed by atoms with Gasteiger partial charge in [-0.15, -0.1) is 0 Å². The Morgan fingerprint density at radius 2 is 1.96 bits per heavy atom. The molecule has 124 valence electrons. The van der Waals surface area contributed by atoms with Crippen LogP contribution in [0.3, 0.4) is 0 Å². The molecule has 2 aromatic rings. The Balaban J connectivity index is 2.05. The number of hydrogen-bond donors (Lipinski definition) is 0. The smallest absolute Gasteiger partial charge is 0.437 e. The summed E-state index contributed by atoms with van der Waals surface area (Å²) in [5.41, 5.74) is 0.126. The summed E-state index contributed by atoms with van der Waals surface area (Å²) in [6, 6.07) is 7.22. The summed E-state index contributed by atoms with van der Waals surface area (Å²) >= 11 is 0. The number of anilines is 1. The Hall–Kier alpha value is -2.51. The number of benzene rings is 1. The Labute approximate surface area is 130 Å². The maximum Gasteiger partial charge on any atom is 0.437 e. The summed E-state index contributed by atoms with van der Waals surface area (Å²) in [5.74, 6) is -0.840. The van der Waals surface area contributed by atoms with E-state index in [1.807, 2.05) is 19.1 Å². The summed E-state index contributed by atoms with van der Waals surface area (Å²) in [5, 5.41) is 2.93. The number of rotatable bonds is 4. The van der Waals surface area contributed by atoms with Gasteiger partial charge in [-0.05, 0) is 25.5 Å². The molecule has 0 spiro atoms. The number of para-hydroxylation sites is 1. The second-order valence-electron chi connectivity index (χ2n) is 4.97. The molecule has 0 radical (unpaired) electrons. The van der Waals surface area contributed by atoms with Crippen molar-refractivity contribution in [2.75, 3.05) is 18.6 Å². The van der Waals surface area contributed by atoms with Gasteiger partial charge in [0.15, 0.2) is 12.3 Å². The second kappa shape index (κ2) is 6.31. The Morgan fingerprint density at radius 1 is 1.30 bits per heavy atom. The lowest BCUT2D eigenvalue weighted by Crippen LogP contribution is -2.31. The second-order valence-corrected chi connectivity index (χ2v) is 4.97. The van der Waals surface area contributed by atoms with Crippen LogP contribution in [-0.2, 0) is 11.0 Å². The lowest BCUT2D eigenvalue weighted by atomic mass is 10.2. The number of aryl methyl sites for hydroxylation is 1. The maximum absolute atomic E-state index is 12.6. The molecule has 23 heavy (non-hydrogen) atoms. The van der Waals surface area contributed by atoms with E-state index >= 15 is 0 Å².